The first-order valence-corrected chi connectivity index (χ1v) is 20.0. The summed E-state index contributed by atoms with van der Waals surface area (Å²) in [5.74, 6) is 0. The number of pyridine rings is 4. The van der Waals surface area contributed by atoms with Crippen molar-refractivity contribution in [3.8, 4) is 0 Å². The molecule has 8 rings (SSSR count). The minimum absolute atomic E-state index is 0.00554. The minimum atomic E-state index is -3.22. The molecule has 0 bridgehead atoms. The summed E-state index contributed by atoms with van der Waals surface area (Å²) < 4.78 is 9.51. The third-order valence-electron chi connectivity index (χ3n) is 7.98. The SMILES string of the molecule is Cc1cc(=O)c2ccc3c(ccc4c(=O)cc(C)[nH]c43)c2[nH]1.Cc1cc(Cl)c2ccc3c(ccc4c(Cl)cc(C)nc43)c2n1.O=P(Cl)(Cl)Cl. The zero-order valence-corrected chi connectivity index (χ0v) is 31.1. The molecule has 7 nitrogen and oxygen atoms in total. The highest BCUT2D eigenvalue weighted by atomic mass is 36.0. The van der Waals surface area contributed by atoms with Gasteiger partial charge in [0, 0.05) is 78.0 Å². The topological polar surface area (TPSA) is 109 Å². The van der Waals surface area contributed by atoms with E-state index in [1.54, 1.807) is 12.1 Å². The molecule has 0 radical (unpaired) electrons. The number of nitrogens with one attached hydrogen (secondary N) is 2. The molecule has 0 aliphatic rings. The lowest BCUT2D eigenvalue weighted by Gasteiger charge is -2.09. The molecule has 13 heteroatoms. The number of halogens is 5. The van der Waals surface area contributed by atoms with E-state index >= 15 is 0 Å². The molecule has 0 atom stereocenters. The smallest absolute Gasteiger partial charge is 0.339 e. The molecular formula is C36H26Cl5N4O3P. The first-order chi connectivity index (χ1) is 23.1. The molecule has 8 aromatic rings. The van der Waals surface area contributed by atoms with Crippen LogP contribution in [0.15, 0.2) is 82.4 Å². The van der Waals surface area contributed by atoms with E-state index in [9.17, 15) is 14.2 Å². The Hall–Kier alpha value is -3.68. The van der Waals surface area contributed by atoms with Crippen LogP contribution in [0.3, 0.4) is 0 Å². The maximum Gasteiger partial charge on any atom is 0.339 e. The number of hydrogen-bond acceptors (Lipinski definition) is 5. The molecule has 0 aliphatic carbocycles. The van der Waals surface area contributed by atoms with E-state index in [1.807, 2.05) is 88.4 Å². The normalized spacial score (nSPS) is 11.6. The molecule has 0 aliphatic heterocycles. The van der Waals surface area contributed by atoms with Gasteiger partial charge < -0.3 is 9.97 Å². The quantitative estimate of drug-likeness (QED) is 0.118. The fraction of sp³-hybridized carbons (Fsp3) is 0.111. The second-order valence-corrected chi connectivity index (χ2v) is 19.1. The summed E-state index contributed by atoms with van der Waals surface area (Å²) in [4.78, 5) is 40.2. The summed E-state index contributed by atoms with van der Waals surface area (Å²) in [6.07, 6.45) is 0. The van der Waals surface area contributed by atoms with Crippen molar-refractivity contribution in [2.45, 2.75) is 27.7 Å². The van der Waals surface area contributed by atoms with Gasteiger partial charge >= 0.3 is 5.20 Å². The van der Waals surface area contributed by atoms with Crippen molar-refractivity contribution in [2.75, 3.05) is 0 Å². The van der Waals surface area contributed by atoms with Crippen LogP contribution in [0.4, 0.5) is 0 Å². The molecule has 4 aromatic carbocycles. The summed E-state index contributed by atoms with van der Waals surface area (Å²) in [5.41, 5.74) is 6.90. The van der Waals surface area contributed by atoms with Crippen molar-refractivity contribution in [1.82, 2.24) is 19.9 Å². The van der Waals surface area contributed by atoms with Crippen molar-refractivity contribution in [3.05, 3.63) is 126 Å². The Morgan fingerprint density at radius 2 is 0.816 bits per heavy atom. The third-order valence-corrected chi connectivity index (χ3v) is 8.60. The summed E-state index contributed by atoms with van der Waals surface area (Å²) >= 11 is 26.6. The zero-order valence-electron chi connectivity index (χ0n) is 26.4. The molecule has 2 N–H and O–H groups in total. The Morgan fingerprint density at radius 3 is 1.18 bits per heavy atom. The fourth-order valence-corrected chi connectivity index (χ4v) is 6.66. The van der Waals surface area contributed by atoms with Crippen LogP contribution < -0.4 is 10.9 Å². The predicted molar refractivity (Wildman–Crippen MR) is 209 cm³/mol. The van der Waals surface area contributed by atoms with Gasteiger partial charge in [-0.1, -0.05) is 59.6 Å². The Balaban J connectivity index is 0.000000150. The Bertz CT molecular complexity index is 2620. The van der Waals surface area contributed by atoms with Gasteiger partial charge in [-0.15, -0.1) is 0 Å². The Kier molecular flexibility index (Phi) is 9.73. The van der Waals surface area contributed by atoms with Gasteiger partial charge in [-0.25, -0.2) is 0 Å². The predicted octanol–water partition coefficient (Wildman–Crippen LogP) is 11.8. The molecule has 0 unspecified atom stereocenters. The van der Waals surface area contributed by atoms with Crippen molar-refractivity contribution in [1.29, 1.82) is 0 Å². The van der Waals surface area contributed by atoms with Gasteiger partial charge in [0.25, 0.3) is 0 Å². The molecule has 0 amide bonds. The lowest BCUT2D eigenvalue weighted by atomic mass is 10.0. The number of aromatic nitrogens is 4. The number of rotatable bonds is 0. The number of benzene rings is 4. The van der Waals surface area contributed by atoms with Crippen molar-refractivity contribution < 1.29 is 4.57 Å². The van der Waals surface area contributed by atoms with E-state index in [1.165, 1.54) is 0 Å². The van der Waals surface area contributed by atoms with E-state index in [4.69, 9.17) is 23.2 Å². The van der Waals surface area contributed by atoms with Crippen LogP contribution in [0, 0.1) is 27.7 Å². The van der Waals surface area contributed by atoms with Crippen LogP contribution in [0.2, 0.25) is 10.0 Å². The van der Waals surface area contributed by atoms with Crippen molar-refractivity contribution >= 4 is 127 Å². The average molecular weight is 771 g/mol. The lowest BCUT2D eigenvalue weighted by molar-refractivity contribution is 0.600. The molecule has 0 spiro atoms. The van der Waals surface area contributed by atoms with Crippen LogP contribution in [-0.4, -0.2) is 19.9 Å². The number of nitrogens with zero attached hydrogens (tertiary/aromatic N) is 2. The van der Waals surface area contributed by atoms with E-state index in [0.717, 1.165) is 87.2 Å². The number of aromatic amines is 2. The highest BCUT2D eigenvalue weighted by Crippen LogP contribution is 2.61. The molecule has 0 saturated carbocycles. The summed E-state index contributed by atoms with van der Waals surface area (Å²) in [6, 6.07) is 22.5. The molecular weight excluding hydrogens is 745 g/mol. The van der Waals surface area contributed by atoms with Crippen LogP contribution >= 0.6 is 62.1 Å². The standard InChI is InChI=1S/C18H12Cl2N2.C18H14N2O2.Cl3OP/c1-9-7-15(19)13-5-4-12-11(17(13)21-9)3-6-14-16(20)8-10(2)22-18(12)14;1-9-7-15(21)13-5-4-12-11(17(13)19-9)3-6-14-16(22)8-10(2)20-18(12)14;1-5(2,3)4/h3-8H,1-2H3;3-8H,1-2H3,(H,19,21)(H,20,22);. The largest absolute Gasteiger partial charge is 0.358 e. The molecule has 4 heterocycles. The second kappa shape index (κ2) is 13.6. The third kappa shape index (κ3) is 7.29. The van der Waals surface area contributed by atoms with Crippen LogP contribution in [0.1, 0.15) is 22.8 Å². The van der Waals surface area contributed by atoms with Gasteiger partial charge in [0.1, 0.15) is 0 Å². The highest BCUT2D eigenvalue weighted by molar-refractivity contribution is 8.24. The Morgan fingerprint density at radius 1 is 0.510 bits per heavy atom. The molecule has 0 saturated heterocycles. The Labute approximate surface area is 303 Å². The summed E-state index contributed by atoms with van der Waals surface area (Å²) in [5, 5.41) is 5.42. The van der Waals surface area contributed by atoms with E-state index in [2.05, 4.69) is 53.7 Å². The lowest BCUT2D eigenvalue weighted by Crippen LogP contribution is -2.05. The van der Waals surface area contributed by atoms with Crippen LogP contribution in [0.5, 0.6) is 0 Å². The zero-order chi connectivity index (χ0) is 35.4. The van der Waals surface area contributed by atoms with Gasteiger partial charge in [-0.05, 0) is 85.7 Å². The van der Waals surface area contributed by atoms with Crippen LogP contribution in [-0.2, 0) is 4.57 Å². The minimum Gasteiger partial charge on any atom is -0.358 e. The first kappa shape index (κ1) is 35.2. The number of fused-ring (bicyclic) bond motifs is 10. The van der Waals surface area contributed by atoms with Gasteiger partial charge in [0.15, 0.2) is 10.9 Å². The highest BCUT2D eigenvalue weighted by Gasteiger charge is 2.12. The maximum atomic E-state index is 12.1. The number of hydrogen-bond donors (Lipinski definition) is 2. The number of aryl methyl sites for hydroxylation is 4. The summed E-state index contributed by atoms with van der Waals surface area (Å²) in [6.45, 7) is 7.63. The van der Waals surface area contributed by atoms with E-state index in [0.29, 0.717) is 10.8 Å². The van der Waals surface area contributed by atoms with Gasteiger partial charge in [-0.2, -0.15) is 0 Å². The van der Waals surface area contributed by atoms with E-state index in [-0.39, 0.29) is 10.9 Å². The molecule has 0 fully saturated rings. The molecule has 49 heavy (non-hydrogen) atoms. The average Bonchev–Trinajstić information content (AvgIpc) is 2.99. The van der Waals surface area contributed by atoms with Gasteiger partial charge in [-0.3, -0.25) is 24.1 Å². The van der Waals surface area contributed by atoms with Crippen molar-refractivity contribution in [3.63, 3.8) is 0 Å². The monoisotopic (exact) mass is 768 g/mol. The van der Waals surface area contributed by atoms with Crippen molar-refractivity contribution in [2.24, 2.45) is 0 Å². The first-order valence-electron chi connectivity index (χ1n) is 14.8. The van der Waals surface area contributed by atoms with Crippen LogP contribution in [0.25, 0.3) is 65.2 Å². The fourth-order valence-electron chi connectivity index (χ4n) is 6.04. The molecule has 4 aromatic heterocycles. The maximum absolute atomic E-state index is 12.1. The van der Waals surface area contributed by atoms with Gasteiger partial charge in [0.05, 0.1) is 32.1 Å². The number of H-pyrrole nitrogens is 2. The van der Waals surface area contributed by atoms with E-state index < -0.39 is 5.20 Å². The molecule has 248 valence electrons. The van der Waals surface area contributed by atoms with Gasteiger partial charge in [0.2, 0.25) is 0 Å². The second-order valence-electron chi connectivity index (χ2n) is 11.6. The summed E-state index contributed by atoms with van der Waals surface area (Å²) in [7, 11) is 0.